The summed E-state index contributed by atoms with van der Waals surface area (Å²) < 4.78 is 18.8. The van der Waals surface area contributed by atoms with Gasteiger partial charge in [-0.05, 0) is 28.5 Å². The second kappa shape index (κ2) is 4.63. The summed E-state index contributed by atoms with van der Waals surface area (Å²) in [6.07, 6.45) is 0. The van der Waals surface area contributed by atoms with Crippen molar-refractivity contribution < 1.29 is 9.13 Å². The van der Waals surface area contributed by atoms with E-state index < -0.39 is 6.04 Å². The van der Waals surface area contributed by atoms with E-state index in [0.717, 1.165) is 5.56 Å². The number of methoxy groups -OCH3 is 1. The fourth-order valence-corrected chi connectivity index (χ4v) is 2.25. The Kier molecular flexibility index (Phi) is 3.22. The van der Waals surface area contributed by atoms with Crippen LogP contribution in [-0.4, -0.2) is 7.11 Å². The third kappa shape index (κ3) is 1.94. The van der Waals surface area contributed by atoms with E-state index in [1.54, 1.807) is 29.5 Å². The number of hydrogen-bond acceptors (Lipinski definition) is 3. The summed E-state index contributed by atoms with van der Waals surface area (Å²) in [5.41, 5.74) is 7.37. The Bertz CT molecular complexity index is 470. The standard InChI is InChI=1S/C12H12FNOS/c1-15-10-4-2-3-9(11(10)13)12(14)8-5-6-16-7-8/h2-7,12H,14H2,1H3. The lowest BCUT2D eigenvalue weighted by atomic mass is 10.0. The van der Waals surface area contributed by atoms with E-state index in [1.165, 1.54) is 7.11 Å². The first-order valence-electron chi connectivity index (χ1n) is 4.84. The third-order valence-corrected chi connectivity index (χ3v) is 3.15. The number of hydrogen-bond donors (Lipinski definition) is 1. The van der Waals surface area contributed by atoms with Crippen LogP contribution in [0.1, 0.15) is 17.2 Å². The number of thiophene rings is 1. The number of ether oxygens (including phenoxy) is 1. The van der Waals surface area contributed by atoms with Crippen molar-refractivity contribution in [3.63, 3.8) is 0 Å². The molecular formula is C12H12FNOS. The van der Waals surface area contributed by atoms with Crippen LogP contribution in [0, 0.1) is 5.82 Å². The van der Waals surface area contributed by atoms with Crippen molar-refractivity contribution in [2.75, 3.05) is 7.11 Å². The zero-order valence-electron chi connectivity index (χ0n) is 8.81. The summed E-state index contributed by atoms with van der Waals surface area (Å²) in [4.78, 5) is 0. The summed E-state index contributed by atoms with van der Waals surface area (Å²) in [7, 11) is 1.44. The van der Waals surface area contributed by atoms with Crippen LogP contribution in [0.15, 0.2) is 35.0 Å². The maximum atomic E-state index is 13.9. The molecule has 2 aromatic rings. The van der Waals surface area contributed by atoms with Gasteiger partial charge in [-0.1, -0.05) is 12.1 Å². The molecule has 1 aromatic heterocycles. The van der Waals surface area contributed by atoms with E-state index in [-0.39, 0.29) is 11.6 Å². The Balaban J connectivity index is 2.41. The normalized spacial score (nSPS) is 12.4. The van der Waals surface area contributed by atoms with Gasteiger partial charge in [0, 0.05) is 5.56 Å². The highest BCUT2D eigenvalue weighted by atomic mass is 32.1. The monoisotopic (exact) mass is 237 g/mol. The molecular weight excluding hydrogens is 225 g/mol. The molecule has 0 aliphatic heterocycles. The molecule has 2 N–H and O–H groups in total. The molecule has 1 aromatic carbocycles. The summed E-state index contributed by atoms with van der Waals surface area (Å²) in [5.74, 6) is -0.160. The van der Waals surface area contributed by atoms with Gasteiger partial charge in [-0.2, -0.15) is 11.3 Å². The van der Waals surface area contributed by atoms with Crippen LogP contribution in [0.5, 0.6) is 5.75 Å². The third-order valence-electron chi connectivity index (χ3n) is 2.45. The fourth-order valence-electron chi connectivity index (χ4n) is 1.56. The van der Waals surface area contributed by atoms with Crippen LogP contribution in [0.4, 0.5) is 4.39 Å². The highest BCUT2D eigenvalue weighted by Gasteiger charge is 2.16. The number of rotatable bonds is 3. The molecule has 0 fully saturated rings. The van der Waals surface area contributed by atoms with E-state index in [9.17, 15) is 4.39 Å². The topological polar surface area (TPSA) is 35.2 Å². The van der Waals surface area contributed by atoms with E-state index in [1.807, 2.05) is 16.8 Å². The minimum absolute atomic E-state index is 0.225. The van der Waals surface area contributed by atoms with Crippen LogP contribution in [0.3, 0.4) is 0 Å². The molecule has 4 heteroatoms. The predicted molar refractivity (Wildman–Crippen MR) is 63.3 cm³/mol. The Hall–Kier alpha value is -1.39. The summed E-state index contributed by atoms with van der Waals surface area (Å²) in [5, 5.41) is 3.84. The molecule has 1 unspecified atom stereocenters. The molecule has 0 spiro atoms. The SMILES string of the molecule is COc1cccc(C(N)c2ccsc2)c1F. The first-order chi connectivity index (χ1) is 7.74. The summed E-state index contributed by atoms with van der Waals surface area (Å²) >= 11 is 1.54. The molecule has 0 bridgehead atoms. The van der Waals surface area contributed by atoms with Crippen LogP contribution >= 0.6 is 11.3 Å². The first-order valence-corrected chi connectivity index (χ1v) is 5.78. The van der Waals surface area contributed by atoms with Gasteiger partial charge >= 0.3 is 0 Å². The Morgan fingerprint density at radius 1 is 1.38 bits per heavy atom. The zero-order valence-corrected chi connectivity index (χ0v) is 9.63. The largest absolute Gasteiger partial charge is 0.494 e. The van der Waals surface area contributed by atoms with Gasteiger partial charge in [-0.15, -0.1) is 0 Å². The second-order valence-corrected chi connectivity index (χ2v) is 4.18. The lowest BCUT2D eigenvalue weighted by Crippen LogP contribution is -2.13. The highest BCUT2D eigenvalue weighted by molar-refractivity contribution is 7.08. The molecule has 16 heavy (non-hydrogen) atoms. The zero-order chi connectivity index (χ0) is 11.5. The van der Waals surface area contributed by atoms with Crippen molar-refractivity contribution in [1.29, 1.82) is 0 Å². The second-order valence-electron chi connectivity index (χ2n) is 3.40. The Morgan fingerprint density at radius 2 is 2.19 bits per heavy atom. The van der Waals surface area contributed by atoms with Crippen molar-refractivity contribution in [1.82, 2.24) is 0 Å². The molecule has 0 amide bonds. The molecule has 0 radical (unpaired) electrons. The van der Waals surface area contributed by atoms with Gasteiger partial charge in [0.15, 0.2) is 11.6 Å². The van der Waals surface area contributed by atoms with Gasteiger partial charge < -0.3 is 10.5 Å². The maximum absolute atomic E-state index is 13.9. The molecule has 0 aliphatic carbocycles. The smallest absolute Gasteiger partial charge is 0.170 e. The van der Waals surface area contributed by atoms with Crippen LogP contribution in [0.25, 0.3) is 0 Å². The van der Waals surface area contributed by atoms with Gasteiger partial charge in [-0.25, -0.2) is 4.39 Å². The molecule has 0 saturated heterocycles. The lowest BCUT2D eigenvalue weighted by molar-refractivity contribution is 0.383. The van der Waals surface area contributed by atoms with Gasteiger partial charge in [0.1, 0.15) is 0 Å². The lowest BCUT2D eigenvalue weighted by Gasteiger charge is -2.13. The van der Waals surface area contributed by atoms with Gasteiger partial charge in [0.05, 0.1) is 13.2 Å². The molecule has 0 aliphatic rings. The Labute approximate surface area is 97.5 Å². The average Bonchev–Trinajstić information content (AvgIpc) is 2.82. The van der Waals surface area contributed by atoms with Crippen molar-refractivity contribution in [3.05, 3.63) is 52.0 Å². The predicted octanol–water partition coefficient (Wildman–Crippen LogP) is 2.94. The first kappa shape index (κ1) is 11.1. The molecule has 2 nitrogen and oxygen atoms in total. The molecule has 84 valence electrons. The number of nitrogens with two attached hydrogens (primary N) is 1. The quantitative estimate of drug-likeness (QED) is 0.890. The molecule has 2 rings (SSSR count). The van der Waals surface area contributed by atoms with Crippen molar-refractivity contribution in [2.24, 2.45) is 5.73 Å². The van der Waals surface area contributed by atoms with Gasteiger partial charge in [0.25, 0.3) is 0 Å². The van der Waals surface area contributed by atoms with E-state index in [2.05, 4.69) is 0 Å². The Morgan fingerprint density at radius 3 is 2.81 bits per heavy atom. The van der Waals surface area contributed by atoms with Crippen LogP contribution < -0.4 is 10.5 Å². The minimum atomic E-state index is -0.443. The van der Waals surface area contributed by atoms with Gasteiger partial charge in [0.2, 0.25) is 0 Å². The van der Waals surface area contributed by atoms with E-state index >= 15 is 0 Å². The van der Waals surface area contributed by atoms with Crippen molar-refractivity contribution in [3.8, 4) is 5.75 Å². The average molecular weight is 237 g/mol. The fraction of sp³-hybridized carbons (Fsp3) is 0.167. The summed E-state index contributed by atoms with van der Waals surface area (Å²) in [6, 6.07) is 6.46. The van der Waals surface area contributed by atoms with Crippen LogP contribution in [-0.2, 0) is 0 Å². The summed E-state index contributed by atoms with van der Waals surface area (Å²) in [6.45, 7) is 0. The molecule has 0 saturated carbocycles. The highest BCUT2D eigenvalue weighted by Crippen LogP contribution is 2.28. The van der Waals surface area contributed by atoms with E-state index in [4.69, 9.17) is 10.5 Å². The van der Waals surface area contributed by atoms with Crippen molar-refractivity contribution in [2.45, 2.75) is 6.04 Å². The van der Waals surface area contributed by atoms with E-state index in [0.29, 0.717) is 5.56 Å². The molecule has 1 heterocycles. The number of benzene rings is 1. The maximum Gasteiger partial charge on any atom is 0.170 e. The number of halogens is 1. The minimum Gasteiger partial charge on any atom is -0.494 e. The van der Waals surface area contributed by atoms with Crippen molar-refractivity contribution >= 4 is 11.3 Å². The van der Waals surface area contributed by atoms with Gasteiger partial charge in [-0.3, -0.25) is 0 Å². The molecule has 1 atom stereocenters. The van der Waals surface area contributed by atoms with Crippen LogP contribution in [0.2, 0.25) is 0 Å².